The van der Waals surface area contributed by atoms with Gasteiger partial charge >= 0.3 is 0 Å². The second-order valence-corrected chi connectivity index (χ2v) is 8.68. The van der Waals surface area contributed by atoms with Gasteiger partial charge < -0.3 is 10.1 Å². The van der Waals surface area contributed by atoms with Crippen molar-refractivity contribution >= 4 is 17.7 Å². The lowest BCUT2D eigenvalue weighted by atomic mass is 10.1. The van der Waals surface area contributed by atoms with E-state index >= 15 is 0 Å². The van der Waals surface area contributed by atoms with Crippen molar-refractivity contribution in [1.82, 2.24) is 20.1 Å². The molecule has 158 valence electrons. The summed E-state index contributed by atoms with van der Waals surface area (Å²) in [5, 5.41) is 13.1. The molecule has 1 heterocycles. The summed E-state index contributed by atoms with van der Waals surface area (Å²) < 4.78 is 7.21. The number of methoxy groups -OCH3 is 1. The van der Waals surface area contributed by atoms with Gasteiger partial charge in [-0.3, -0.25) is 9.36 Å². The average Bonchev–Trinajstić information content (AvgIpc) is 3.15. The normalized spacial score (nSPS) is 11.9. The van der Waals surface area contributed by atoms with E-state index in [0.29, 0.717) is 22.4 Å². The van der Waals surface area contributed by atoms with Gasteiger partial charge in [0.05, 0.1) is 19.3 Å². The van der Waals surface area contributed by atoms with Crippen LogP contribution in [-0.2, 0) is 6.54 Å². The average molecular weight is 425 g/mol. The molecule has 0 bridgehead atoms. The fourth-order valence-corrected chi connectivity index (χ4v) is 3.88. The fraction of sp³-hybridized carbons (Fsp3) is 0.348. The quantitative estimate of drug-likeness (QED) is 0.530. The summed E-state index contributed by atoms with van der Waals surface area (Å²) in [5.41, 5.74) is 3.91. The molecule has 2 aromatic carbocycles. The zero-order valence-electron chi connectivity index (χ0n) is 18.1. The number of hydrogen-bond donors (Lipinski definition) is 1. The number of amides is 1. The molecule has 0 saturated heterocycles. The van der Waals surface area contributed by atoms with Crippen LogP contribution in [0.25, 0.3) is 5.69 Å². The van der Waals surface area contributed by atoms with E-state index in [-0.39, 0.29) is 12.5 Å². The van der Waals surface area contributed by atoms with E-state index in [1.165, 1.54) is 0 Å². The summed E-state index contributed by atoms with van der Waals surface area (Å²) in [7, 11) is 1.60. The lowest BCUT2D eigenvalue weighted by Crippen LogP contribution is -2.24. The van der Waals surface area contributed by atoms with Crippen LogP contribution in [0.5, 0.6) is 5.75 Å². The van der Waals surface area contributed by atoms with E-state index in [1.807, 2.05) is 0 Å². The molecule has 1 atom stereocenters. The van der Waals surface area contributed by atoms with E-state index in [9.17, 15) is 4.79 Å². The Labute approximate surface area is 182 Å². The van der Waals surface area contributed by atoms with Gasteiger partial charge in [-0.05, 0) is 61.7 Å². The fourth-order valence-electron chi connectivity index (χ4n) is 2.96. The Hall–Kier alpha value is -2.80. The van der Waals surface area contributed by atoms with Crippen LogP contribution in [0.1, 0.15) is 47.6 Å². The third-order valence-corrected chi connectivity index (χ3v) is 6.16. The molecule has 1 aromatic heterocycles. The summed E-state index contributed by atoms with van der Waals surface area (Å²) >= 11 is 1.70. The number of aromatic nitrogens is 3. The van der Waals surface area contributed by atoms with Crippen LogP contribution in [-0.4, -0.2) is 33.0 Å². The van der Waals surface area contributed by atoms with Crippen molar-refractivity contribution in [2.45, 2.75) is 51.1 Å². The molecule has 1 amide bonds. The van der Waals surface area contributed by atoms with Crippen LogP contribution in [0.4, 0.5) is 0 Å². The number of nitrogens with zero attached hydrogens (tertiary/aromatic N) is 3. The zero-order chi connectivity index (χ0) is 21.7. The number of ether oxygens (including phenoxy) is 1. The maximum absolute atomic E-state index is 12.6. The maximum atomic E-state index is 12.6. The van der Waals surface area contributed by atoms with Crippen LogP contribution < -0.4 is 10.1 Å². The Kier molecular flexibility index (Phi) is 7.15. The van der Waals surface area contributed by atoms with Crippen molar-refractivity contribution in [2.75, 3.05) is 7.11 Å². The van der Waals surface area contributed by atoms with Crippen LogP contribution in [0, 0.1) is 13.8 Å². The molecule has 3 rings (SSSR count). The van der Waals surface area contributed by atoms with E-state index in [1.54, 1.807) is 43.1 Å². The van der Waals surface area contributed by atoms with Crippen molar-refractivity contribution in [3.8, 4) is 11.4 Å². The molecule has 7 heteroatoms. The number of benzene rings is 2. The van der Waals surface area contributed by atoms with Gasteiger partial charge in [0.25, 0.3) is 5.91 Å². The van der Waals surface area contributed by atoms with Gasteiger partial charge in [-0.2, -0.15) is 0 Å². The van der Waals surface area contributed by atoms with Gasteiger partial charge in [0.1, 0.15) is 5.75 Å². The number of rotatable bonds is 8. The Morgan fingerprint density at radius 3 is 2.57 bits per heavy atom. The van der Waals surface area contributed by atoms with Crippen LogP contribution >= 0.6 is 11.8 Å². The molecule has 6 nitrogen and oxygen atoms in total. The highest BCUT2D eigenvalue weighted by molar-refractivity contribution is 7.99. The molecule has 0 aliphatic carbocycles. The van der Waals surface area contributed by atoms with Gasteiger partial charge in [-0.25, -0.2) is 0 Å². The van der Waals surface area contributed by atoms with Crippen molar-refractivity contribution in [3.05, 3.63) is 65.0 Å². The second-order valence-electron chi connectivity index (χ2n) is 7.27. The van der Waals surface area contributed by atoms with Gasteiger partial charge in [0.2, 0.25) is 0 Å². The Morgan fingerprint density at radius 2 is 1.90 bits per heavy atom. The molecule has 0 spiro atoms. The molecule has 30 heavy (non-hydrogen) atoms. The van der Waals surface area contributed by atoms with E-state index in [4.69, 9.17) is 4.74 Å². The Balaban J connectivity index is 1.88. The van der Waals surface area contributed by atoms with Crippen LogP contribution in [0.15, 0.2) is 47.6 Å². The molecule has 0 saturated carbocycles. The number of aryl methyl sites for hydroxylation is 2. The van der Waals surface area contributed by atoms with Crippen molar-refractivity contribution in [2.24, 2.45) is 0 Å². The monoisotopic (exact) mass is 424 g/mol. The van der Waals surface area contributed by atoms with Crippen LogP contribution in [0.3, 0.4) is 0 Å². The Bertz CT molecular complexity index is 1010. The summed E-state index contributed by atoms with van der Waals surface area (Å²) in [6.45, 7) is 8.77. The number of hydrogen-bond acceptors (Lipinski definition) is 5. The first-order valence-electron chi connectivity index (χ1n) is 10.0. The number of thioether (sulfide) groups is 1. The van der Waals surface area contributed by atoms with Crippen molar-refractivity contribution < 1.29 is 9.53 Å². The molecule has 3 aromatic rings. The standard InChI is InChI=1S/C23H28N4O2S/c1-6-17(4)30-23-26-25-21(27(23)20-13-15(2)7-8-16(20)3)14-24-22(28)18-9-11-19(29-5)12-10-18/h7-13,17H,6,14H2,1-5H3,(H,24,28). The largest absolute Gasteiger partial charge is 0.497 e. The number of nitrogens with one attached hydrogen (secondary N) is 1. The zero-order valence-corrected chi connectivity index (χ0v) is 18.9. The van der Waals surface area contributed by atoms with E-state index in [0.717, 1.165) is 28.4 Å². The molecule has 1 unspecified atom stereocenters. The minimum Gasteiger partial charge on any atom is -0.497 e. The lowest BCUT2D eigenvalue weighted by molar-refractivity contribution is 0.0949. The first-order chi connectivity index (χ1) is 14.4. The smallest absolute Gasteiger partial charge is 0.251 e. The summed E-state index contributed by atoms with van der Waals surface area (Å²) in [6, 6.07) is 13.4. The molecule has 0 aliphatic heterocycles. The predicted molar refractivity (Wildman–Crippen MR) is 121 cm³/mol. The molecule has 0 fully saturated rings. The first kappa shape index (κ1) is 21.9. The third kappa shape index (κ3) is 5.02. The summed E-state index contributed by atoms with van der Waals surface area (Å²) in [5.74, 6) is 1.26. The van der Waals surface area contributed by atoms with Gasteiger partial charge in [0, 0.05) is 10.8 Å². The van der Waals surface area contributed by atoms with Gasteiger partial charge in [-0.15, -0.1) is 10.2 Å². The van der Waals surface area contributed by atoms with E-state index < -0.39 is 0 Å². The van der Waals surface area contributed by atoms with Crippen LogP contribution in [0.2, 0.25) is 0 Å². The molecule has 1 N–H and O–H groups in total. The minimum absolute atomic E-state index is 0.163. The summed E-state index contributed by atoms with van der Waals surface area (Å²) in [6.07, 6.45) is 1.04. The topological polar surface area (TPSA) is 69.0 Å². The third-order valence-electron chi connectivity index (χ3n) is 4.95. The molecule has 0 aliphatic rings. The molecule has 0 radical (unpaired) electrons. The maximum Gasteiger partial charge on any atom is 0.251 e. The molecular weight excluding hydrogens is 396 g/mol. The predicted octanol–water partition coefficient (Wildman–Crippen LogP) is 4.71. The van der Waals surface area contributed by atoms with Gasteiger partial charge in [0.15, 0.2) is 11.0 Å². The second kappa shape index (κ2) is 9.80. The molecular formula is C23H28N4O2S. The van der Waals surface area contributed by atoms with Gasteiger partial charge in [-0.1, -0.05) is 37.7 Å². The van der Waals surface area contributed by atoms with Crippen molar-refractivity contribution in [3.63, 3.8) is 0 Å². The first-order valence-corrected chi connectivity index (χ1v) is 10.9. The highest BCUT2D eigenvalue weighted by Crippen LogP contribution is 2.29. The highest BCUT2D eigenvalue weighted by Gasteiger charge is 2.19. The lowest BCUT2D eigenvalue weighted by Gasteiger charge is -2.15. The Morgan fingerprint density at radius 1 is 1.17 bits per heavy atom. The van der Waals surface area contributed by atoms with E-state index in [2.05, 4.69) is 66.0 Å². The summed E-state index contributed by atoms with van der Waals surface area (Å²) in [4.78, 5) is 12.6. The number of carbonyl (C=O) groups excluding carboxylic acids is 1. The highest BCUT2D eigenvalue weighted by atomic mass is 32.2. The number of carbonyl (C=O) groups is 1. The van der Waals surface area contributed by atoms with Crippen molar-refractivity contribution in [1.29, 1.82) is 0 Å². The SMILES string of the molecule is CCC(C)Sc1nnc(CNC(=O)c2ccc(OC)cc2)n1-c1cc(C)ccc1C. The minimum atomic E-state index is -0.163.